The summed E-state index contributed by atoms with van der Waals surface area (Å²) in [7, 11) is 0. The molecule has 3 heterocycles. The molecule has 0 fully saturated rings. The second kappa shape index (κ2) is 9.92. The standard InChI is InChI=1S/C43H24N2OS/c44-25-26-17-20-38-35(21-26)30-11-4-6-14-37(30)45(38)39-15-8-13-33-36-23-29(22-34(42(36)46-43(33)39)27-9-2-1-3-10-27)28-18-19-32-31-12-5-7-16-40(31)47-41(32)24-28/h1-24H. The summed E-state index contributed by atoms with van der Waals surface area (Å²) >= 11 is 1.84. The van der Waals surface area contributed by atoms with Crippen LogP contribution in [-0.2, 0) is 0 Å². The van der Waals surface area contributed by atoms with Crippen molar-refractivity contribution in [3.8, 4) is 34.0 Å². The maximum atomic E-state index is 9.65. The summed E-state index contributed by atoms with van der Waals surface area (Å²) in [5.41, 5.74) is 9.97. The van der Waals surface area contributed by atoms with E-state index in [-0.39, 0.29) is 0 Å². The van der Waals surface area contributed by atoms with Crippen LogP contribution in [0.25, 0.3) is 91.9 Å². The van der Waals surface area contributed by atoms with Gasteiger partial charge in [-0.1, -0.05) is 91.0 Å². The Morgan fingerprint density at radius 3 is 2.15 bits per heavy atom. The van der Waals surface area contributed by atoms with Gasteiger partial charge >= 0.3 is 0 Å². The van der Waals surface area contributed by atoms with Crippen molar-refractivity contribution in [1.82, 2.24) is 4.57 Å². The number of para-hydroxylation sites is 2. The third-order valence-corrected chi connectivity index (χ3v) is 10.6. The highest BCUT2D eigenvalue weighted by Gasteiger charge is 2.21. The van der Waals surface area contributed by atoms with E-state index in [1.165, 1.54) is 25.7 Å². The van der Waals surface area contributed by atoms with Gasteiger partial charge in [0.05, 0.1) is 28.4 Å². The Hall–Kier alpha value is -6.15. The van der Waals surface area contributed by atoms with Gasteiger partial charge in [-0.05, 0) is 71.3 Å². The second-order valence-electron chi connectivity index (χ2n) is 12.0. The quantitative estimate of drug-likeness (QED) is 0.198. The van der Waals surface area contributed by atoms with Gasteiger partial charge in [-0.15, -0.1) is 11.3 Å². The van der Waals surface area contributed by atoms with Gasteiger partial charge in [-0.2, -0.15) is 5.26 Å². The van der Waals surface area contributed by atoms with Gasteiger partial charge in [0.15, 0.2) is 5.58 Å². The van der Waals surface area contributed by atoms with E-state index in [4.69, 9.17) is 4.42 Å². The van der Waals surface area contributed by atoms with Crippen molar-refractivity contribution in [2.75, 3.05) is 0 Å². The largest absolute Gasteiger partial charge is 0.453 e. The van der Waals surface area contributed by atoms with Crippen molar-refractivity contribution in [1.29, 1.82) is 5.26 Å². The lowest BCUT2D eigenvalue weighted by Gasteiger charge is -2.08. The van der Waals surface area contributed by atoms with Crippen LogP contribution in [0.15, 0.2) is 150 Å². The van der Waals surface area contributed by atoms with E-state index in [0.717, 1.165) is 66.1 Å². The molecule has 4 heteroatoms. The van der Waals surface area contributed by atoms with Gasteiger partial charge < -0.3 is 8.98 Å². The van der Waals surface area contributed by atoms with Crippen LogP contribution in [0.1, 0.15) is 5.56 Å². The van der Waals surface area contributed by atoms with Crippen LogP contribution in [0.3, 0.4) is 0 Å². The topological polar surface area (TPSA) is 41.9 Å². The number of rotatable bonds is 3. The normalized spacial score (nSPS) is 11.8. The van der Waals surface area contributed by atoms with Crippen LogP contribution in [-0.4, -0.2) is 4.57 Å². The molecule has 0 atom stereocenters. The molecule has 0 saturated carbocycles. The van der Waals surface area contributed by atoms with Crippen molar-refractivity contribution in [2.24, 2.45) is 0 Å². The summed E-state index contributed by atoms with van der Waals surface area (Å²) in [6.07, 6.45) is 0. The lowest BCUT2D eigenvalue weighted by Crippen LogP contribution is -1.94. The zero-order valence-electron chi connectivity index (χ0n) is 25.1. The number of benzene rings is 7. The summed E-state index contributed by atoms with van der Waals surface area (Å²) in [5, 5.41) is 16.6. The molecule has 0 amide bonds. The third kappa shape index (κ3) is 3.85. The lowest BCUT2D eigenvalue weighted by molar-refractivity contribution is 0.667. The molecule has 10 aromatic rings. The first kappa shape index (κ1) is 26.1. The molecule has 10 rings (SSSR count). The maximum Gasteiger partial charge on any atom is 0.159 e. The van der Waals surface area contributed by atoms with E-state index >= 15 is 0 Å². The highest BCUT2D eigenvalue weighted by atomic mass is 32.1. The van der Waals surface area contributed by atoms with E-state index in [1.807, 2.05) is 29.5 Å². The summed E-state index contributed by atoms with van der Waals surface area (Å²) in [6, 6.07) is 53.6. The Morgan fingerprint density at radius 2 is 1.26 bits per heavy atom. The first-order chi connectivity index (χ1) is 23.2. The van der Waals surface area contributed by atoms with Crippen LogP contribution in [0, 0.1) is 11.3 Å². The molecule has 0 saturated heterocycles. The summed E-state index contributed by atoms with van der Waals surface area (Å²) in [4.78, 5) is 0. The number of nitrogens with zero attached hydrogens (tertiary/aromatic N) is 2. The summed E-state index contributed by atoms with van der Waals surface area (Å²) < 4.78 is 11.8. The number of hydrogen-bond donors (Lipinski definition) is 0. The Balaban J connectivity index is 1.27. The number of nitriles is 1. The van der Waals surface area contributed by atoms with Crippen molar-refractivity contribution >= 4 is 75.3 Å². The van der Waals surface area contributed by atoms with Gasteiger partial charge in [0.1, 0.15) is 5.58 Å². The zero-order chi connectivity index (χ0) is 31.1. The fraction of sp³-hybridized carbons (Fsp3) is 0. The number of hydrogen-bond acceptors (Lipinski definition) is 3. The van der Waals surface area contributed by atoms with Crippen LogP contribution in [0.4, 0.5) is 0 Å². The van der Waals surface area contributed by atoms with Gasteiger partial charge in [-0.25, -0.2) is 0 Å². The monoisotopic (exact) mass is 616 g/mol. The molecule has 218 valence electrons. The van der Waals surface area contributed by atoms with Crippen molar-refractivity contribution in [3.05, 3.63) is 151 Å². The van der Waals surface area contributed by atoms with E-state index in [0.29, 0.717) is 5.56 Å². The molecule has 0 unspecified atom stereocenters. The minimum absolute atomic E-state index is 0.649. The minimum Gasteiger partial charge on any atom is -0.453 e. The van der Waals surface area contributed by atoms with Crippen LogP contribution in [0.2, 0.25) is 0 Å². The highest BCUT2D eigenvalue weighted by Crippen LogP contribution is 2.44. The molecule has 0 radical (unpaired) electrons. The van der Waals surface area contributed by atoms with E-state index in [9.17, 15) is 5.26 Å². The average Bonchev–Trinajstić information content (AvgIpc) is 3.80. The summed E-state index contributed by atoms with van der Waals surface area (Å²) in [6.45, 7) is 0. The molecule has 0 aliphatic carbocycles. The van der Waals surface area contributed by atoms with E-state index < -0.39 is 0 Å². The molecule has 47 heavy (non-hydrogen) atoms. The van der Waals surface area contributed by atoms with Crippen molar-refractivity contribution < 1.29 is 4.42 Å². The predicted molar refractivity (Wildman–Crippen MR) is 197 cm³/mol. The number of furan rings is 1. The van der Waals surface area contributed by atoms with Crippen molar-refractivity contribution in [3.63, 3.8) is 0 Å². The van der Waals surface area contributed by atoms with Gasteiger partial charge in [0.2, 0.25) is 0 Å². The van der Waals surface area contributed by atoms with Gasteiger partial charge in [0, 0.05) is 47.3 Å². The highest BCUT2D eigenvalue weighted by molar-refractivity contribution is 7.25. The Morgan fingerprint density at radius 1 is 0.489 bits per heavy atom. The summed E-state index contributed by atoms with van der Waals surface area (Å²) in [5.74, 6) is 0. The van der Waals surface area contributed by atoms with Crippen LogP contribution < -0.4 is 0 Å². The van der Waals surface area contributed by atoms with Crippen molar-refractivity contribution in [2.45, 2.75) is 0 Å². The zero-order valence-corrected chi connectivity index (χ0v) is 25.9. The molecule has 3 nitrogen and oxygen atoms in total. The fourth-order valence-electron chi connectivity index (χ4n) is 7.27. The molecular weight excluding hydrogens is 593 g/mol. The first-order valence-corrected chi connectivity index (χ1v) is 16.5. The maximum absolute atomic E-state index is 9.65. The number of thiophene rings is 1. The minimum atomic E-state index is 0.649. The first-order valence-electron chi connectivity index (χ1n) is 15.7. The Labute approximate surface area is 273 Å². The molecule has 3 aromatic heterocycles. The molecule has 0 aliphatic rings. The molecular formula is C43H24N2OS. The molecule has 0 bridgehead atoms. The number of aromatic nitrogens is 1. The molecule has 0 aliphatic heterocycles. The fourth-order valence-corrected chi connectivity index (χ4v) is 8.41. The third-order valence-electron chi connectivity index (χ3n) is 9.42. The molecule has 7 aromatic carbocycles. The van der Waals surface area contributed by atoms with Crippen LogP contribution in [0.5, 0.6) is 0 Å². The Bertz CT molecular complexity index is 2920. The van der Waals surface area contributed by atoms with Crippen LogP contribution >= 0.6 is 11.3 Å². The van der Waals surface area contributed by atoms with E-state index in [1.54, 1.807) is 0 Å². The number of fused-ring (bicyclic) bond motifs is 9. The van der Waals surface area contributed by atoms with Gasteiger partial charge in [-0.3, -0.25) is 0 Å². The second-order valence-corrected chi connectivity index (χ2v) is 13.1. The van der Waals surface area contributed by atoms with Gasteiger partial charge in [0.25, 0.3) is 0 Å². The average molecular weight is 617 g/mol. The SMILES string of the molecule is N#Cc1ccc2c(c1)c1ccccc1n2-c1cccc2c1oc1c(-c3ccccc3)cc(-c3ccc4c(c3)sc3ccccc34)cc12. The molecule has 0 spiro atoms. The lowest BCUT2D eigenvalue weighted by atomic mass is 9.95. The Kier molecular flexibility index (Phi) is 5.51. The predicted octanol–water partition coefficient (Wildman–Crippen LogP) is 12.3. The van der Waals surface area contributed by atoms with E-state index in [2.05, 4.69) is 138 Å². The smallest absolute Gasteiger partial charge is 0.159 e. The molecule has 0 N–H and O–H groups in total.